The highest BCUT2D eigenvalue weighted by Crippen LogP contribution is 2.33. The number of fused-ring (bicyclic) bond motifs is 1. The van der Waals surface area contributed by atoms with Gasteiger partial charge in [0.05, 0.1) is 17.1 Å². The number of anilines is 1. The summed E-state index contributed by atoms with van der Waals surface area (Å²) >= 11 is 0. The first kappa shape index (κ1) is 21.6. The van der Waals surface area contributed by atoms with Gasteiger partial charge in [0.1, 0.15) is 18.2 Å². The molecule has 172 valence electrons. The van der Waals surface area contributed by atoms with Crippen LogP contribution in [0.4, 0.5) is 10.6 Å². The summed E-state index contributed by atoms with van der Waals surface area (Å²) < 4.78 is 5.34. The predicted octanol–water partition coefficient (Wildman–Crippen LogP) is 4.21. The maximum Gasteiger partial charge on any atom is 0.407 e. The number of benzene rings is 2. The number of phenols is 1. The molecular formula is C26H25N5O3. The molecule has 1 atom stereocenters. The van der Waals surface area contributed by atoms with Gasteiger partial charge in [-0.3, -0.25) is 4.98 Å². The maximum atomic E-state index is 12.3. The van der Waals surface area contributed by atoms with Crippen LogP contribution in [0.1, 0.15) is 17.5 Å². The summed E-state index contributed by atoms with van der Waals surface area (Å²) in [4.78, 5) is 28.1. The van der Waals surface area contributed by atoms with E-state index in [0.29, 0.717) is 17.9 Å². The third-order valence-electron chi connectivity index (χ3n) is 5.88. The Kier molecular flexibility index (Phi) is 5.95. The molecule has 1 aliphatic heterocycles. The first-order chi connectivity index (χ1) is 16.6. The number of hydrogen-bond donors (Lipinski definition) is 2. The Morgan fingerprint density at radius 3 is 2.88 bits per heavy atom. The van der Waals surface area contributed by atoms with E-state index in [-0.39, 0.29) is 18.4 Å². The number of pyridine rings is 1. The van der Waals surface area contributed by atoms with Crippen LogP contribution >= 0.6 is 0 Å². The highest BCUT2D eigenvalue weighted by Gasteiger charge is 2.27. The van der Waals surface area contributed by atoms with Crippen molar-refractivity contribution in [1.29, 1.82) is 0 Å². The number of alkyl carbamates (subject to hydrolysis) is 1. The zero-order chi connectivity index (χ0) is 23.5. The van der Waals surface area contributed by atoms with E-state index in [9.17, 15) is 9.90 Å². The quantitative estimate of drug-likeness (QED) is 0.465. The van der Waals surface area contributed by atoms with Crippen LogP contribution in [-0.2, 0) is 11.3 Å². The number of rotatable bonds is 5. The van der Waals surface area contributed by atoms with Gasteiger partial charge in [-0.2, -0.15) is 0 Å². The fraction of sp³-hybridized carbons (Fsp3) is 0.231. The number of aryl methyl sites for hydroxylation is 1. The van der Waals surface area contributed by atoms with Gasteiger partial charge in [-0.1, -0.05) is 24.3 Å². The Hall–Kier alpha value is -4.20. The molecule has 1 fully saturated rings. The van der Waals surface area contributed by atoms with Crippen molar-refractivity contribution in [3.63, 3.8) is 0 Å². The third kappa shape index (κ3) is 4.61. The SMILES string of the molecule is Cc1ccc2c(N3CC[C@@H](NC(=O)OCc4cccnc4)C3)nc(-c3ccccc3O)nc2c1. The maximum absolute atomic E-state index is 12.3. The minimum Gasteiger partial charge on any atom is -0.507 e. The average Bonchev–Trinajstić information content (AvgIpc) is 3.31. The third-order valence-corrected chi connectivity index (χ3v) is 5.88. The minimum atomic E-state index is -0.450. The fourth-order valence-electron chi connectivity index (χ4n) is 4.16. The van der Waals surface area contributed by atoms with Crippen LogP contribution in [0.2, 0.25) is 0 Å². The molecule has 5 rings (SSSR count). The monoisotopic (exact) mass is 455 g/mol. The Labute approximate surface area is 197 Å². The second-order valence-electron chi connectivity index (χ2n) is 8.42. The van der Waals surface area contributed by atoms with Crippen LogP contribution in [0.15, 0.2) is 67.0 Å². The van der Waals surface area contributed by atoms with Gasteiger partial charge in [0, 0.05) is 36.4 Å². The van der Waals surface area contributed by atoms with E-state index in [4.69, 9.17) is 14.7 Å². The number of aromatic hydroxyl groups is 1. The molecule has 2 aromatic carbocycles. The van der Waals surface area contributed by atoms with Crippen LogP contribution in [0.3, 0.4) is 0 Å². The Morgan fingerprint density at radius 1 is 1.18 bits per heavy atom. The summed E-state index contributed by atoms with van der Waals surface area (Å²) in [5.74, 6) is 1.40. The molecule has 2 aromatic heterocycles. The Morgan fingerprint density at radius 2 is 2.06 bits per heavy atom. The molecule has 0 bridgehead atoms. The molecule has 34 heavy (non-hydrogen) atoms. The number of nitrogens with zero attached hydrogens (tertiary/aromatic N) is 4. The largest absolute Gasteiger partial charge is 0.507 e. The molecule has 0 unspecified atom stereocenters. The van der Waals surface area contributed by atoms with Crippen molar-refractivity contribution in [2.45, 2.75) is 26.0 Å². The van der Waals surface area contributed by atoms with Crippen molar-refractivity contribution in [3.05, 3.63) is 78.1 Å². The summed E-state index contributed by atoms with van der Waals surface area (Å²) in [6.45, 7) is 3.53. The Balaban J connectivity index is 1.35. The molecule has 1 aliphatic rings. The van der Waals surface area contributed by atoms with Crippen molar-refractivity contribution < 1.29 is 14.6 Å². The number of amides is 1. The first-order valence-electron chi connectivity index (χ1n) is 11.2. The highest BCUT2D eigenvalue weighted by molar-refractivity contribution is 5.92. The lowest BCUT2D eigenvalue weighted by Gasteiger charge is -2.21. The number of carbonyl (C=O) groups is 1. The molecule has 0 saturated carbocycles. The van der Waals surface area contributed by atoms with E-state index in [1.165, 1.54) is 0 Å². The summed E-state index contributed by atoms with van der Waals surface area (Å²) in [5.41, 5.74) is 3.33. The molecule has 0 aliphatic carbocycles. The normalized spacial score (nSPS) is 15.4. The van der Waals surface area contributed by atoms with Crippen LogP contribution in [0.5, 0.6) is 5.75 Å². The summed E-state index contributed by atoms with van der Waals surface area (Å²) in [7, 11) is 0. The fourth-order valence-corrected chi connectivity index (χ4v) is 4.16. The van der Waals surface area contributed by atoms with Crippen molar-refractivity contribution in [2.75, 3.05) is 18.0 Å². The van der Waals surface area contributed by atoms with E-state index in [2.05, 4.69) is 15.2 Å². The number of ether oxygens (including phenoxy) is 1. The predicted molar refractivity (Wildman–Crippen MR) is 130 cm³/mol. The van der Waals surface area contributed by atoms with Crippen LogP contribution < -0.4 is 10.2 Å². The van der Waals surface area contributed by atoms with Crippen molar-refractivity contribution in [2.24, 2.45) is 0 Å². The number of para-hydroxylation sites is 1. The molecule has 8 nitrogen and oxygen atoms in total. The first-order valence-corrected chi connectivity index (χ1v) is 11.2. The van der Waals surface area contributed by atoms with Crippen LogP contribution in [-0.4, -0.2) is 45.3 Å². The molecule has 4 aromatic rings. The lowest BCUT2D eigenvalue weighted by atomic mass is 10.1. The second kappa shape index (κ2) is 9.35. The molecular weight excluding hydrogens is 430 g/mol. The highest BCUT2D eigenvalue weighted by atomic mass is 16.5. The number of hydrogen-bond acceptors (Lipinski definition) is 7. The van der Waals surface area contributed by atoms with E-state index in [1.807, 2.05) is 49.4 Å². The van der Waals surface area contributed by atoms with E-state index < -0.39 is 6.09 Å². The van der Waals surface area contributed by atoms with Gasteiger partial charge in [-0.15, -0.1) is 0 Å². The van der Waals surface area contributed by atoms with Crippen LogP contribution in [0, 0.1) is 6.92 Å². The van der Waals surface area contributed by atoms with E-state index in [1.54, 1.807) is 24.5 Å². The van der Waals surface area contributed by atoms with Gasteiger partial charge in [0.15, 0.2) is 5.82 Å². The van der Waals surface area contributed by atoms with Gasteiger partial charge in [-0.05, 0) is 49.2 Å². The number of phenolic OH excluding ortho intramolecular Hbond substituents is 1. The molecule has 2 N–H and O–H groups in total. The number of carbonyl (C=O) groups excluding carboxylic acids is 1. The zero-order valence-electron chi connectivity index (χ0n) is 18.8. The van der Waals surface area contributed by atoms with Crippen molar-refractivity contribution in [1.82, 2.24) is 20.3 Å². The smallest absolute Gasteiger partial charge is 0.407 e. The molecule has 1 saturated heterocycles. The molecule has 1 amide bonds. The lowest BCUT2D eigenvalue weighted by Crippen LogP contribution is -2.37. The van der Waals surface area contributed by atoms with Gasteiger partial charge in [-0.25, -0.2) is 14.8 Å². The molecule has 0 radical (unpaired) electrons. The van der Waals surface area contributed by atoms with Crippen LogP contribution in [0.25, 0.3) is 22.3 Å². The molecule has 3 heterocycles. The van der Waals surface area contributed by atoms with Crippen molar-refractivity contribution >= 4 is 22.8 Å². The number of aromatic nitrogens is 3. The minimum absolute atomic E-state index is 0.0644. The summed E-state index contributed by atoms with van der Waals surface area (Å²) in [6.07, 6.45) is 3.67. The summed E-state index contributed by atoms with van der Waals surface area (Å²) in [6, 6.07) is 16.8. The van der Waals surface area contributed by atoms with Gasteiger partial charge < -0.3 is 20.1 Å². The van der Waals surface area contributed by atoms with Gasteiger partial charge in [0.25, 0.3) is 0 Å². The molecule has 0 spiro atoms. The van der Waals surface area contributed by atoms with E-state index >= 15 is 0 Å². The average molecular weight is 456 g/mol. The Bertz CT molecular complexity index is 1330. The molecule has 8 heteroatoms. The van der Waals surface area contributed by atoms with Gasteiger partial charge >= 0.3 is 6.09 Å². The second-order valence-corrected chi connectivity index (χ2v) is 8.42. The van der Waals surface area contributed by atoms with E-state index in [0.717, 1.165) is 40.8 Å². The standard InChI is InChI=1S/C26H25N5O3/c1-17-8-9-20-22(13-17)29-24(21-6-2-3-7-23(21)32)30-25(20)31-12-10-19(15-31)28-26(33)34-16-18-5-4-11-27-14-18/h2-9,11,13-14,19,32H,10,12,15-16H2,1H3,(H,28,33)/t19-/m1/s1. The van der Waals surface area contributed by atoms with Gasteiger partial charge in [0.2, 0.25) is 0 Å². The number of nitrogens with one attached hydrogen (secondary N) is 1. The zero-order valence-corrected chi connectivity index (χ0v) is 18.8. The summed E-state index contributed by atoms with van der Waals surface area (Å²) in [5, 5.41) is 14.3. The lowest BCUT2D eigenvalue weighted by molar-refractivity contribution is 0.136. The topological polar surface area (TPSA) is 100 Å². The van der Waals surface area contributed by atoms with Crippen molar-refractivity contribution in [3.8, 4) is 17.1 Å².